The molecule has 0 spiro atoms. The summed E-state index contributed by atoms with van der Waals surface area (Å²) in [5, 5.41) is 8.03. The third-order valence-corrected chi connectivity index (χ3v) is 1.51. The maximum Gasteiger partial charge on any atom is 0.315 e. The van der Waals surface area contributed by atoms with E-state index in [1.807, 2.05) is 27.7 Å². The van der Waals surface area contributed by atoms with E-state index in [2.05, 4.69) is 16.0 Å². The molecule has 5 heteroatoms. The van der Waals surface area contributed by atoms with E-state index in [4.69, 9.17) is 0 Å². The van der Waals surface area contributed by atoms with Crippen LogP contribution in [0.4, 0.5) is 4.79 Å². The minimum absolute atomic E-state index is 0.0464. The Balaban J connectivity index is 3.53. The number of carbonyl (C=O) groups excluding carboxylic acids is 2. The van der Waals surface area contributed by atoms with Gasteiger partial charge >= 0.3 is 6.03 Å². The molecule has 0 aromatic carbocycles. The molecule has 0 rings (SSSR count). The number of carbonyl (C=O) groups is 2. The van der Waals surface area contributed by atoms with E-state index in [9.17, 15) is 9.59 Å². The van der Waals surface area contributed by atoms with Crippen molar-refractivity contribution in [1.82, 2.24) is 16.0 Å². The lowest BCUT2D eigenvalue weighted by Crippen LogP contribution is -2.41. The van der Waals surface area contributed by atoms with Crippen LogP contribution in [0.1, 0.15) is 34.1 Å². The SMILES string of the molecule is CC(C)NC(=O)CCNC(=O)NC(C)C. The van der Waals surface area contributed by atoms with Gasteiger partial charge in [-0.3, -0.25) is 4.79 Å². The van der Waals surface area contributed by atoms with Crippen LogP contribution >= 0.6 is 0 Å². The van der Waals surface area contributed by atoms with Crippen LogP contribution in [-0.2, 0) is 4.79 Å². The number of amides is 3. The van der Waals surface area contributed by atoms with E-state index in [1.165, 1.54) is 0 Å². The topological polar surface area (TPSA) is 70.2 Å². The van der Waals surface area contributed by atoms with Crippen molar-refractivity contribution < 1.29 is 9.59 Å². The van der Waals surface area contributed by atoms with Crippen molar-refractivity contribution in [3.05, 3.63) is 0 Å². The summed E-state index contributed by atoms with van der Waals surface area (Å²) in [5.74, 6) is -0.0464. The molecule has 0 aliphatic heterocycles. The van der Waals surface area contributed by atoms with Crippen LogP contribution in [0.2, 0.25) is 0 Å². The van der Waals surface area contributed by atoms with E-state index in [1.54, 1.807) is 0 Å². The predicted molar refractivity (Wildman–Crippen MR) is 59.6 cm³/mol. The lowest BCUT2D eigenvalue weighted by Gasteiger charge is -2.11. The van der Waals surface area contributed by atoms with Gasteiger partial charge in [0, 0.05) is 25.0 Å². The smallest absolute Gasteiger partial charge is 0.315 e. The van der Waals surface area contributed by atoms with Gasteiger partial charge in [0.1, 0.15) is 0 Å². The highest BCUT2D eigenvalue weighted by atomic mass is 16.2. The Bertz CT molecular complexity index is 193. The fraction of sp³-hybridized carbons (Fsp3) is 0.800. The second-order valence-corrected chi connectivity index (χ2v) is 4.03. The zero-order valence-corrected chi connectivity index (χ0v) is 9.89. The van der Waals surface area contributed by atoms with E-state index in [0.29, 0.717) is 13.0 Å². The van der Waals surface area contributed by atoms with Crippen LogP contribution in [0.15, 0.2) is 0 Å². The first kappa shape index (κ1) is 13.7. The van der Waals surface area contributed by atoms with Crippen LogP contribution in [0.5, 0.6) is 0 Å². The number of hydrogen-bond acceptors (Lipinski definition) is 2. The van der Waals surface area contributed by atoms with Gasteiger partial charge in [-0.15, -0.1) is 0 Å². The maximum absolute atomic E-state index is 11.2. The van der Waals surface area contributed by atoms with Crippen LogP contribution in [0.25, 0.3) is 0 Å². The summed E-state index contributed by atoms with van der Waals surface area (Å²) in [6.07, 6.45) is 0.309. The van der Waals surface area contributed by atoms with Gasteiger partial charge in [0.25, 0.3) is 0 Å². The minimum Gasteiger partial charge on any atom is -0.354 e. The summed E-state index contributed by atoms with van der Waals surface area (Å²) < 4.78 is 0. The Hall–Kier alpha value is -1.26. The highest BCUT2D eigenvalue weighted by molar-refractivity contribution is 5.78. The molecule has 0 saturated carbocycles. The van der Waals surface area contributed by atoms with Crippen LogP contribution in [-0.4, -0.2) is 30.6 Å². The molecule has 0 aliphatic carbocycles. The van der Waals surface area contributed by atoms with E-state index in [0.717, 1.165) is 0 Å². The van der Waals surface area contributed by atoms with E-state index in [-0.39, 0.29) is 24.0 Å². The van der Waals surface area contributed by atoms with Gasteiger partial charge in [0.05, 0.1) is 0 Å². The van der Waals surface area contributed by atoms with Gasteiger partial charge in [-0.25, -0.2) is 4.79 Å². The fourth-order valence-corrected chi connectivity index (χ4v) is 0.997. The Morgan fingerprint density at radius 3 is 2.00 bits per heavy atom. The average molecular weight is 215 g/mol. The zero-order valence-electron chi connectivity index (χ0n) is 9.89. The number of rotatable bonds is 5. The van der Waals surface area contributed by atoms with Gasteiger partial charge in [0.2, 0.25) is 5.91 Å². The largest absolute Gasteiger partial charge is 0.354 e. The van der Waals surface area contributed by atoms with Crippen molar-refractivity contribution in [1.29, 1.82) is 0 Å². The number of nitrogens with one attached hydrogen (secondary N) is 3. The van der Waals surface area contributed by atoms with Gasteiger partial charge in [-0.05, 0) is 27.7 Å². The summed E-state index contributed by atoms with van der Waals surface area (Å²) >= 11 is 0. The third kappa shape index (κ3) is 9.05. The molecule has 3 amide bonds. The molecule has 88 valence electrons. The summed E-state index contributed by atoms with van der Waals surface area (Å²) in [7, 11) is 0. The van der Waals surface area contributed by atoms with Gasteiger partial charge in [-0.2, -0.15) is 0 Å². The molecule has 0 aromatic rings. The Kier molecular flexibility index (Phi) is 6.49. The van der Waals surface area contributed by atoms with Gasteiger partial charge in [0.15, 0.2) is 0 Å². The zero-order chi connectivity index (χ0) is 11.8. The van der Waals surface area contributed by atoms with Crippen LogP contribution < -0.4 is 16.0 Å². The first-order chi connectivity index (χ1) is 6.91. The normalized spacial score (nSPS) is 10.3. The molecular weight excluding hydrogens is 194 g/mol. The molecule has 0 heterocycles. The molecule has 0 fully saturated rings. The minimum atomic E-state index is -0.234. The highest BCUT2D eigenvalue weighted by Gasteiger charge is 2.05. The maximum atomic E-state index is 11.2. The monoisotopic (exact) mass is 215 g/mol. The molecule has 15 heavy (non-hydrogen) atoms. The lowest BCUT2D eigenvalue weighted by atomic mass is 10.3. The Labute approximate surface area is 91.0 Å². The van der Waals surface area contributed by atoms with Crippen LogP contribution in [0, 0.1) is 0 Å². The molecule has 0 saturated heterocycles. The molecule has 0 unspecified atom stereocenters. The molecule has 0 atom stereocenters. The number of urea groups is 1. The van der Waals surface area contributed by atoms with Gasteiger partial charge in [-0.1, -0.05) is 0 Å². The Morgan fingerprint density at radius 2 is 1.53 bits per heavy atom. The summed E-state index contributed by atoms with van der Waals surface area (Å²) in [4.78, 5) is 22.3. The second kappa shape index (κ2) is 7.09. The molecule has 0 bridgehead atoms. The van der Waals surface area contributed by atoms with Crippen molar-refractivity contribution in [2.45, 2.75) is 46.2 Å². The number of hydrogen-bond donors (Lipinski definition) is 3. The molecule has 0 aromatic heterocycles. The quantitative estimate of drug-likeness (QED) is 0.629. The van der Waals surface area contributed by atoms with Gasteiger partial charge < -0.3 is 16.0 Å². The van der Waals surface area contributed by atoms with Crippen molar-refractivity contribution in [3.63, 3.8) is 0 Å². The second-order valence-electron chi connectivity index (χ2n) is 4.03. The lowest BCUT2D eigenvalue weighted by molar-refractivity contribution is -0.121. The summed E-state index contributed by atoms with van der Waals surface area (Å²) in [5.41, 5.74) is 0. The van der Waals surface area contributed by atoms with Crippen molar-refractivity contribution in [3.8, 4) is 0 Å². The third-order valence-electron chi connectivity index (χ3n) is 1.51. The van der Waals surface area contributed by atoms with Crippen molar-refractivity contribution in [2.75, 3.05) is 6.54 Å². The first-order valence-corrected chi connectivity index (χ1v) is 5.25. The first-order valence-electron chi connectivity index (χ1n) is 5.25. The summed E-state index contributed by atoms with van der Waals surface area (Å²) in [6, 6.07) is 0.0128. The average Bonchev–Trinajstić information content (AvgIpc) is 2.00. The van der Waals surface area contributed by atoms with E-state index >= 15 is 0 Å². The predicted octanol–water partition coefficient (Wildman–Crippen LogP) is 0.609. The molecule has 3 N–H and O–H groups in total. The fourth-order valence-electron chi connectivity index (χ4n) is 0.997. The highest BCUT2D eigenvalue weighted by Crippen LogP contribution is 1.83. The standard InChI is InChI=1S/C10H21N3O2/c1-7(2)12-9(14)5-6-11-10(15)13-8(3)4/h7-8H,5-6H2,1-4H3,(H,12,14)(H2,11,13,15). The van der Waals surface area contributed by atoms with Crippen LogP contribution in [0.3, 0.4) is 0 Å². The van der Waals surface area contributed by atoms with Crippen molar-refractivity contribution >= 4 is 11.9 Å². The Morgan fingerprint density at radius 1 is 1.00 bits per heavy atom. The van der Waals surface area contributed by atoms with Crippen molar-refractivity contribution in [2.24, 2.45) is 0 Å². The van der Waals surface area contributed by atoms with E-state index < -0.39 is 0 Å². The molecule has 5 nitrogen and oxygen atoms in total. The molecular formula is C10H21N3O2. The molecule has 0 aliphatic rings. The summed E-state index contributed by atoms with van der Waals surface area (Å²) in [6.45, 7) is 7.92. The molecule has 0 radical (unpaired) electrons.